The van der Waals surface area contributed by atoms with Crippen molar-refractivity contribution in [1.29, 1.82) is 0 Å². The average molecular weight is 256 g/mol. The Kier molecular flexibility index (Phi) is 9.66. The Morgan fingerprint density at radius 1 is 1.11 bits per heavy atom. The molecule has 0 aliphatic carbocycles. The first-order valence-electron chi connectivity index (χ1n) is 7.07. The first-order valence-corrected chi connectivity index (χ1v) is 7.07. The van der Waals surface area contributed by atoms with Gasteiger partial charge in [-0.15, -0.1) is 0 Å². The minimum atomic E-state index is -0.117. The second kappa shape index (κ2) is 10.1. The maximum Gasteiger partial charge on any atom is 0.309 e. The van der Waals surface area contributed by atoms with Crippen molar-refractivity contribution in [3.63, 3.8) is 0 Å². The molecule has 18 heavy (non-hydrogen) atoms. The van der Waals surface area contributed by atoms with Crippen molar-refractivity contribution in [1.82, 2.24) is 0 Å². The molecule has 0 atom stereocenters. The summed E-state index contributed by atoms with van der Waals surface area (Å²) in [4.78, 5) is 11.4. The fourth-order valence-corrected chi connectivity index (χ4v) is 1.48. The molecule has 0 radical (unpaired) electrons. The Bertz CT molecular complexity index is 241. The Balaban J connectivity index is 3.44. The molecule has 0 N–H and O–H groups in total. The molecule has 0 bridgehead atoms. The van der Waals surface area contributed by atoms with E-state index in [4.69, 9.17) is 4.74 Å². The number of quaternary nitrogens is 1. The monoisotopic (exact) mass is 256 g/mol. The molecule has 3 heteroatoms. The molecule has 0 aromatic carbocycles. The third-order valence-corrected chi connectivity index (χ3v) is 2.70. The summed E-state index contributed by atoms with van der Waals surface area (Å²) >= 11 is 0. The van der Waals surface area contributed by atoms with E-state index in [1.165, 1.54) is 25.7 Å². The highest BCUT2D eigenvalue weighted by molar-refractivity contribution is 5.71. The van der Waals surface area contributed by atoms with Crippen LogP contribution < -0.4 is 0 Å². The summed E-state index contributed by atoms with van der Waals surface area (Å²) in [7, 11) is 6.26. The van der Waals surface area contributed by atoms with E-state index < -0.39 is 0 Å². The smallest absolute Gasteiger partial charge is 0.309 e. The fourth-order valence-electron chi connectivity index (χ4n) is 1.48. The highest BCUT2D eigenvalue weighted by Crippen LogP contribution is 2.03. The summed E-state index contributed by atoms with van der Waals surface area (Å²) in [5.74, 6) is -0.117. The number of carbonyl (C=O) groups excluding carboxylic acids is 1. The number of carbonyl (C=O) groups is 1. The number of hydrogen-bond acceptors (Lipinski definition) is 2. The van der Waals surface area contributed by atoms with Gasteiger partial charge in [0.15, 0.2) is 0 Å². The molecular weight excluding hydrogens is 226 g/mol. The van der Waals surface area contributed by atoms with E-state index in [-0.39, 0.29) is 5.97 Å². The van der Waals surface area contributed by atoms with Crippen molar-refractivity contribution in [2.45, 2.75) is 45.4 Å². The topological polar surface area (TPSA) is 26.3 Å². The molecule has 0 rings (SSSR count). The van der Waals surface area contributed by atoms with Crippen molar-refractivity contribution in [2.75, 3.05) is 34.3 Å². The standard InChI is InChI=1S/C15H30NO2/c1-5-6-7-8-9-10-11-12-15(17)18-14-13-16(2,3)4/h10-11H,5-9,12-14H2,1-4H3/q+1. The summed E-state index contributed by atoms with van der Waals surface area (Å²) in [5.41, 5.74) is 0. The largest absolute Gasteiger partial charge is 0.459 e. The van der Waals surface area contributed by atoms with Gasteiger partial charge in [-0.1, -0.05) is 38.3 Å². The molecule has 0 spiro atoms. The summed E-state index contributed by atoms with van der Waals surface area (Å²) in [6.45, 7) is 3.57. The van der Waals surface area contributed by atoms with E-state index in [2.05, 4.69) is 34.1 Å². The van der Waals surface area contributed by atoms with Crippen LogP contribution in [-0.4, -0.2) is 44.7 Å². The van der Waals surface area contributed by atoms with Gasteiger partial charge in [-0.2, -0.15) is 0 Å². The summed E-state index contributed by atoms with van der Waals surface area (Å²) in [6.07, 6.45) is 10.6. The molecule has 0 unspecified atom stereocenters. The van der Waals surface area contributed by atoms with Crippen molar-refractivity contribution in [3.05, 3.63) is 12.2 Å². The van der Waals surface area contributed by atoms with Crippen molar-refractivity contribution >= 4 is 5.97 Å². The van der Waals surface area contributed by atoms with Gasteiger partial charge < -0.3 is 9.22 Å². The number of likely N-dealkylation sites (N-methyl/N-ethyl adjacent to an activating group) is 1. The van der Waals surface area contributed by atoms with Crippen molar-refractivity contribution in [3.8, 4) is 0 Å². The third kappa shape index (κ3) is 13.2. The molecule has 0 aliphatic heterocycles. The highest BCUT2D eigenvalue weighted by Gasteiger charge is 2.08. The molecule has 106 valence electrons. The Morgan fingerprint density at radius 2 is 1.83 bits per heavy atom. The van der Waals surface area contributed by atoms with E-state index in [1.54, 1.807) is 0 Å². The van der Waals surface area contributed by atoms with Gasteiger partial charge >= 0.3 is 5.97 Å². The quantitative estimate of drug-likeness (QED) is 0.260. The fraction of sp³-hybridized carbons (Fsp3) is 0.800. The Morgan fingerprint density at radius 3 is 2.44 bits per heavy atom. The number of hydrogen-bond donors (Lipinski definition) is 0. The van der Waals surface area contributed by atoms with Crippen LogP contribution in [0.4, 0.5) is 0 Å². The number of unbranched alkanes of at least 4 members (excludes halogenated alkanes) is 4. The Labute approximate surface area is 112 Å². The second-order valence-electron chi connectivity index (χ2n) is 5.76. The van der Waals surface area contributed by atoms with Crippen LogP contribution in [-0.2, 0) is 9.53 Å². The van der Waals surface area contributed by atoms with Crippen LogP contribution in [0.5, 0.6) is 0 Å². The van der Waals surface area contributed by atoms with Gasteiger partial charge in [-0.3, -0.25) is 4.79 Å². The predicted molar refractivity (Wildman–Crippen MR) is 76.4 cm³/mol. The van der Waals surface area contributed by atoms with Crippen LogP contribution in [0.15, 0.2) is 12.2 Å². The minimum absolute atomic E-state index is 0.117. The first-order chi connectivity index (χ1) is 8.45. The van der Waals surface area contributed by atoms with Gasteiger partial charge in [0.1, 0.15) is 13.2 Å². The number of ether oxygens (including phenoxy) is 1. The maximum absolute atomic E-state index is 11.4. The summed E-state index contributed by atoms with van der Waals surface area (Å²) in [6, 6.07) is 0. The number of allylic oxidation sites excluding steroid dienone is 1. The molecule has 0 amide bonds. The number of nitrogens with zero attached hydrogens (tertiary/aromatic N) is 1. The highest BCUT2D eigenvalue weighted by atomic mass is 16.5. The summed E-state index contributed by atoms with van der Waals surface area (Å²) in [5, 5.41) is 0. The van der Waals surface area contributed by atoms with E-state index in [0.29, 0.717) is 13.0 Å². The van der Waals surface area contributed by atoms with Gasteiger partial charge in [0.2, 0.25) is 0 Å². The van der Waals surface area contributed by atoms with Crippen molar-refractivity contribution in [2.24, 2.45) is 0 Å². The molecule has 0 fully saturated rings. The zero-order valence-corrected chi connectivity index (χ0v) is 12.6. The van der Waals surface area contributed by atoms with Crippen LogP contribution >= 0.6 is 0 Å². The van der Waals surface area contributed by atoms with Gasteiger partial charge in [0.05, 0.1) is 27.6 Å². The summed E-state index contributed by atoms with van der Waals surface area (Å²) < 4.78 is 5.98. The molecule has 3 nitrogen and oxygen atoms in total. The average Bonchev–Trinajstić information content (AvgIpc) is 2.26. The predicted octanol–water partition coefficient (Wildman–Crippen LogP) is 3.15. The van der Waals surface area contributed by atoms with Crippen LogP contribution in [0.2, 0.25) is 0 Å². The first kappa shape index (κ1) is 17.2. The van der Waals surface area contributed by atoms with Crippen molar-refractivity contribution < 1.29 is 14.0 Å². The Hall–Kier alpha value is -0.830. The zero-order chi connectivity index (χ0) is 13.9. The lowest BCUT2D eigenvalue weighted by atomic mass is 10.1. The van der Waals surface area contributed by atoms with Crippen LogP contribution in [0, 0.1) is 0 Å². The third-order valence-electron chi connectivity index (χ3n) is 2.70. The number of rotatable bonds is 10. The molecule has 0 saturated heterocycles. The molecule has 0 heterocycles. The van der Waals surface area contributed by atoms with Crippen LogP contribution in [0.3, 0.4) is 0 Å². The van der Waals surface area contributed by atoms with Gasteiger partial charge in [0.25, 0.3) is 0 Å². The molecular formula is C15H30NO2+. The minimum Gasteiger partial charge on any atom is -0.459 e. The lowest BCUT2D eigenvalue weighted by Gasteiger charge is -2.23. The second-order valence-corrected chi connectivity index (χ2v) is 5.76. The van der Waals surface area contributed by atoms with E-state index in [9.17, 15) is 4.79 Å². The molecule has 0 saturated carbocycles. The normalized spacial score (nSPS) is 12.0. The van der Waals surface area contributed by atoms with Gasteiger partial charge in [0, 0.05) is 0 Å². The molecule has 0 aromatic heterocycles. The lowest BCUT2D eigenvalue weighted by molar-refractivity contribution is -0.870. The van der Waals surface area contributed by atoms with E-state index in [0.717, 1.165) is 17.4 Å². The molecule has 0 aromatic rings. The zero-order valence-electron chi connectivity index (χ0n) is 12.6. The van der Waals surface area contributed by atoms with Crippen LogP contribution in [0.1, 0.15) is 45.4 Å². The number of esters is 1. The lowest BCUT2D eigenvalue weighted by Crippen LogP contribution is -2.37. The SMILES string of the molecule is CCCCCCC=CCC(=O)OCC[N+](C)(C)C. The van der Waals surface area contributed by atoms with Gasteiger partial charge in [-0.25, -0.2) is 0 Å². The van der Waals surface area contributed by atoms with Crippen LogP contribution in [0.25, 0.3) is 0 Å². The molecule has 0 aliphatic rings. The van der Waals surface area contributed by atoms with E-state index >= 15 is 0 Å². The van der Waals surface area contributed by atoms with E-state index in [1.807, 2.05) is 6.08 Å². The maximum atomic E-state index is 11.4. The van der Waals surface area contributed by atoms with Gasteiger partial charge in [-0.05, 0) is 12.8 Å².